The van der Waals surface area contributed by atoms with Crippen molar-refractivity contribution in [1.29, 1.82) is 0 Å². The molecule has 0 saturated heterocycles. The number of ether oxygens (including phenoxy) is 1. The number of H-pyrrole nitrogens is 1. The largest absolute Gasteiger partial charge is 0.424 e. The minimum atomic E-state index is -0.579. The Morgan fingerprint density at radius 3 is 3.00 bits per heavy atom. The van der Waals surface area contributed by atoms with Crippen LogP contribution in [-0.2, 0) is 4.79 Å². The van der Waals surface area contributed by atoms with Crippen molar-refractivity contribution in [1.82, 2.24) is 4.98 Å². The molecule has 0 bridgehead atoms. The molecule has 1 aromatic rings. The predicted octanol–water partition coefficient (Wildman–Crippen LogP) is 0.267. The zero-order chi connectivity index (χ0) is 8.27. The smallest absolute Gasteiger partial charge is 0.328 e. The van der Waals surface area contributed by atoms with Gasteiger partial charge < -0.3 is 15.5 Å². The minimum absolute atomic E-state index is 0.426. The second-order valence-electron chi connectivity index (χ2n) is 2.26. The van der Waals surface area contributed by atoms with Gasteiger partial charge in [-0.15, -0.1) is 0 Å². The van der Waals surface area contributed by atoms with E-state index in [0.717, 1.165) is 0 Å². The number of carbonyl (C=O) groups excluding carboxylic acids is 1. The number of aromatic amines is 1. The van der Waals surface area contributed by atoms with E-state index in [-0.39, 0.29) is 0 Å². The monoisotopic (exact) mass is 154 g/mol. The molecule has 0 aliphatic carbocycles. The number of carbonyl (C=O) groups is 1. The van der Waals surface area contributed by atoms with Gasteiger partial charge in [-0.2, -0.15) is 0 Å². The number of aromatic nitrogens is 1. The number of rotatable bonds is 2. The highest BCUT2D eigenvalue weighted by molar-refractivity contribution is 5.77. The summed E-state index contributed by atoms with van der Waals surface area (Å²) in [5.41, 5.74) is 5.27. The maximum Gasteiger partial charge on any atom is 0.328 e. The van der Waals surface area contributed by atoms with Crippen LogP contribution in [-0.4, -0.2) is 17.0 Å². The van der Waals surface area contributed by atoms with Crippen molar-refractivity contribution in [3.05, 3.63) is 18.5 Å². The third-order valence-electron chi connectivity index (χ3n) is 1.16. The Morgan fingerprint density at radius 1 is 1.82 bits per heavy atom. The molecule has 0 fully saturated rings. The highest BCUT2D eigenvalue weighted by atomic mass is 16.5. The number of nitrogens with one attached hydrogen (secondary N) is 1. The molecule has 3 N–H and O–H groups in total. The van der Waals surface area contributed by atoms with Crippen LogP contribution in [0.5, 0.6) is 5.75 Å². The van der Waals surface area contributed by atoms with E-state index in [9.17, 15) is 4.79 Å². The van der Waals surface area contributed by atoms with Gasteiger partial charge in [0.15, 0.2) is 0 Å². The first kappa shape index (κ1) is 7.81. The second-order valence-corrected chi connectivity index (χ2v) is 2.26. The van der Waals surface area contributed by atoms with E-state index in [1.807, 2.05) is 0 Å². The van der Waals surface area contributed by atoms with Gasteiger partial charge in [-0.05, 0) is 13.0 Å². The molecule has 1 atom stereocenters. The molecule has 1 rings (SSSR count). The summed E-state index contributed by atoms with van der Waals surface area (Å²) < 4.78 is 4.82. The highest BCUT2D eigenvalue weighted by Crippen LogP contribution is 2.07. The summed E-state index contributed by atoms with van der Waals surface area (Å²) in [6.45, 7) is 1.58. The van der Waals surface area contributed by atoms with Crippen molar-refractivity contribution in [2.75, 3.05) is 0 Å². The average molecular weight is 154 g/mol. The van der Waals surface area contributed by atoms with Gasteiger partial charge in [0.2, 0.25) is 0 Å². The summed E-state index contributed by atoms with van der Waals surface area (Å²) in [6.07, 6.45) is 3.25. The van der Waals surface area contributed by atoms with Crippen LogP contribution in [0, 0.1) is 0 Å². The number of nitrogens with two attached hydrogens (primary N) is 1. The van der Waals surface area contributed by atoms with E-state index in [4.69, 9.17) is 10.5 Å². The zero-order valence-electron chi connectivity index (χ0n) is 6.20. The van der Waals surface area contributed by atoms with Crippen LogP contribution in [0.25, 0.3) is 0 Å². The van der Waals surface area contributed by atoms with Crippen molar-refractivity contribution in [3.8, 4) is 5.75 Å². The quantitative estimate of drug-likeness (QED) is 0.600. The van der Waals surface area contributed by atoms with Crippen LogP contribution in [0.4, 0.5) is 0 Å². The lowest BCUT2D eigenvalue weighted by atomic mass is 10.4. The summed E-state index contributed by atoms with van der Waals surface area (Å²) in [5.74, 6) is 0.0666. The standard InChI is InChI=1S/C7H10N2O2/c1-5(8)7(10)11-6-2-3-9-4-6/h2-5,9H,8H2,1H3/t5-/m0/s1. The first-order chi connectivity index (χ1) is 5.20. The Labute approximate surface area is 64.4 Å². The molecule has 0 aromatic carbocycles. The van der Waals surface area contributed by atoms with E-state index in [1.165, 1.54) is 0 Å². The molecule has 0 aliphatic rings. The fourth-order valence-electron chi connectivity index (χ4n) is 0.581. The molecule has 1 aromatic heterocycles. The molecule has 60 valence electrons. The summed E-state index contributed by atoms with van der Waals surface area (Å²) in [6, 6.07) is 1.07. The fourth-order valence-corrected chi connectivity index (χ4v) is 0.581. The predicted molar refractivity (Wildman–Crippen MR) is 40.1 cm³/mol. The maximum absolute atomic E-state index is 10.8. The van der Waals surface area contributed by atoms with Crippen LogP contribution in [0.3, 0.4) is 0 Å². The number of hydrogen-bond donors (Lipinski definition) is 2. The topological polar surface area (TPSA) is 68.1 Å². The first-order valence-corrected chi connectivity index (χ1v) is 3.30. The normalized spacial score (nSPS) is 12.5. The Balaban J connectivity index is 2.50. The molecule has 0 unspecified atom stereocenters. The van der Waals surface area contributed by atoms with E-state index in [0.29, 0.717) is 5.75 Å². The summed E-state index contributed by atoms with van der Waals surface area (Å²) >= 11 is 0. The van der Waals surface area contributed by atoms with Crippen molar-refractivity contribution in [2.45, 2.75) is 13.0 Å². The highest BCUT2D eigenvalue weighted by Gasteiger charge is 2.09. The van der Waals surface area contributed by atoms with Crippen LogP contribution >= 0.6 is 0 Å². The van der Waals surface area contributed by atoms with Gasteiger partial charge in [0, 0.05) is 12.4 Å². The SMILES string of the molecule is C[C@H](N)C(=O)Oc1cc[nH]c1. The van der Waals surface area contributed by atoms with E-state index in [1.54, 1.807) is 25.4 Å². The molecule has 4 nitrogen and oxygen atoms in total. The van der Waals surface area contributed by atoms with Crippen molar-refractivity contribution in [2.24, 2.45) is 5.73 Å². The molecule has 0 aliphatic heterocycles. The summed E-state index contributed by atoms with van der Waals surface area (Å²) in [5, 5.41) is 0. The Morgan fingerprint density at radius 2 is 2.55 bits per heavy atom. The van der Waals surface area contributed by atoms with Crippen LogP contribution in [0.15, 0.2) is 18.5 Å². The van der Waals surface area contributed by atoms with Gasteiger partial charge in [-0.1, -0.05) is 0 Å². The molecule has 1 heterocycles. The summed E-state index contributed by atoms with van der Waals surface area (Å²) in [7, 11) is 0. The minimum Gasteiger partial charge on any atom is -0.424 e. The van der Waals surface area contributed by atoms with Gasteiger partial charge in [0.1, 0.15) is 11.8 Å². The molecular weight excluding hydrogens is 144 g/mol. The van der Waals surface area contributed by atoms with Crippen molar-refractivity contribution < 1.29 is 9.53 Å². The second kappa shape index (κ2) is 3.21. The van der Waals surface area contributed by atoms with Crippen LogP contribution in [0.1, 0.15) is 6.92 Å². The van der Waals surface area contributed by atoms with Gasteiger partial charge >= 0.3 is 5.97 Å². The molecule has 0 amide bonds. The lowest BCUT2D eigenvalue weighted by molar-refractivity contribution is -0.135. The Hall–Kier alpha value is -1.29. The molecule has 4 heteroatoms. The number of hydrogen-bond acceptors (Lipinski definition) is 3. The lowest BCUT2D eigenvalue weighted by Crippen LogP contribution is -2.30. The van der Waals surface area contributed by atoms with Crippen LogP contribution < -0.4 is 10.5 Å². The zero-order valence-corrected chi connectivity index (χ0v) is 6.20. The van der Waals surface area contributed by atoms with Gasteiger partial charge in [-0.25, -0.2) is 4.79 Å². The van der Waals surface area contributed by atoms with Gasteiger partial charge in [0.05, 0.1) is 0 Å². The van der Waals surface area contributed by atoms with Gasteiger partial charge in [0.25, 0.3) is 0 Å². The van der Waals surface area contributed by atoms with E-state index in [2.05, 4.69) is 4.98 Å². The molecular formula is C7H10N2O2. The molecule has 0 radical (unpaired) electrons. The fraction of sp³-hybridized carbons (Fsp3) is 0.286. The molecule has 0 saturated carbocycles. The Bertz CT molecular complexity index is 229. The average Bonchev–Trinajstić information content (AvgIpc) is 2.39. The third kappa shape index (κ3) is 2.09. The van der Waals surface area contributed by atoms with Crippen molar-refractivity contribution >= 4 is 5.97 Å². The van der Waals surface area contributed by atoms with Crippen LogP contribution in [0.2, 0.25) is 0 Å². The third-order valence-corrected chi connectivity index (χ3v) is 1.16. The number of esters is 1. The van der Waals surface area contributed by atoms with E-state index < -0.39 is 12.0 Å². The Kier molecular flexibility index (Phi) is 2.28. The molecule has 0 spiro atoms. The first-order valence-electron chi connectivity index (χ1n) is 3.30. The van der Waals surface area contributed by atoms with Crippen molar-refractivity contribution in [3.63, 3.8) is 0 Å². The van der Waals surface area contributed by atoms with Gasteiger partial charge in [-0.3, -0.25) is 0 Å². The maximum atomic E-state index is 10.8. The lowest BCUT2D eigenvalue weighted by Gasteiger charge is -2.02. The van der Waals surface area contributed by atoms with E-state index >= 15 is 0 Å². The summed E-state index contributed by atoms with van der Waals surface area (Å²) in [4.78, 5) is 13.6. The molecule has 11 heavy (non-hydrogen) atoms.